The standard InChI is InChI=1S/C25H34N2O2/c1-3-4-7-10-27-21-9-6-5-8-20(21)23(26-27)22(28)16-24-12-18-11-19(13-24)15-25(14-18,17-24)29-2/h5-6,8-9,18-19H,3-4,7,10-17H2,1-2H3. The first-order chi connectivity index (χ1) is 14.1. The van der Waals surface area contributed by atoms with Crippen LogP contribution in [0.1, 0.15) is 81.6 Å². The van der Waals surface area contributed by atoms with Crippen LogP contribution in [0.5, 0.6) is 0 Å². The maximum atomic E-state index is 13.6. The van der Waals surface area contributed by atoms with E-state index in [2.05, 4.69) is 29.8 Å². The van der Waals surface area contributed by atoms with Crippen molar-refractivity contribution in [2.75, 3.05) is 7.11 Å². The van der Waals surface area contributed by atoms with Gasteiger partial charge in [-0.25, -0.2) is 0 Å². The summed E-state index contributed by atoms with van der Waals surface area (Å²) < 4.78 is 8.13. The highest BCUT2D eigenvalue weighted by atomic mass is 16.5. The van der Waals surface area contributed by atoms with Crippen LogP contribution < -0.4 is 0 Å². The number of ether oxygens (including phenoxy) is 1. The maximum absolute atomic E-state index is 13.6. The molecule has 4 fully saturated rings. The highest BCUT2D eigenvalue weighted by molar-refractivity contribution is 6.06. The number of carbonyl (C=O) groups excluding carboxylic acids is 1. The summed E-state index contributed by atoms with van der Waals surface area (Å²) in [5.41, 5.74) is 1.96. The summed E-state index contributed by atoms with van der Waals surface area (Å²) in [6.07, 6.45) is 11.3. The number of hydrogen-bond acceptors (Lipinski definition) is 3. The first kappa shape index (κ1) is 19.3. The Labute approximate surface area is 174 Å². The van der Waals surface area contributed by atoms with E-state index in [0.717, 1.165) is 42.1 Å². The van der Waals surface area contributed by atoms with Gasteiger partial charge in [-0.3, -0.25) is 9.48 Å². The van der Waals surface area contributed by atoms with Crippen LogP contribution in [0.4, 0.5) is 0 Å². The van der Waals surface area contributed by atoms with Gasteiger partial charge in [-0.05, 0) is 68.3 Å². The minimum absolute atomic E-state index is 0.0337. The van der Waals surface area contributed by atoms with Gasteiger partial charge in [0.1, 0.15) is 5.69 Å². The largest absolute Gasteiger partial charge is 0.378 e. The summed E-state index contributed by atoms with van der Waals surface area (Å²) in [5, 5.41) is 5.86. The molecule has 4 saturated carbocycles. The minimum Gasteiger partial charge on any atom is -0.378 e. The Morgan fingerprint density at radius 1 is 1.17 bits per heavy atom. The van der Waals surface area contributed by atoms with E-state index >= 15 is 0 Å². The molecule has 0 spiro atoms. The third-order valence-electron chi connectivity index (χ3n) is 7.99. The molecule has 0 N–H and O–H groups in total. The van der Waals surface area contributed by atoms with Crippen molar-refractivity contribution in [1.82, 2.24) is 9.78 Å². The molecule has 4 heteroatoms. The number of fused-ring (bicyclic) bond motifs is 1. The fraction of sp³-hybridized carbons (Fsp3) is 0.680. The first-order valence-corrected chi connectivity index (χ1v) is 11.6. The zero-order valence-corrected chi connectivity index (χ0v) is 18.0. The predicted octanol–water partition coefficient (Wildman–Crippen LogP) is 5.78. The average Bonchev–Trinajstić information content (AvgIpc) is 3.06. The van der Waals surface area contributed by atoms with E-state index in [-0.39, 0.29) is 16.8 Å². The molecule has 0 aliphatic heterocycles. The molecule has 2 atom stereocenters. The van der Waals surface area contributed by atoms with Crippen LogP contribution in [0.15, 0.2) is 24.3 Å². The van der Waals surface area contributed by atoms with Crippen molar-refractivity contribution in [3.63, 3.8) is 0 Å². The Balaban J connectivity index is 1.42. The SMILES string of the molecule is CCCCCn1nc(C(=O)CC23CC4CC(C2)CC(OC)(C4)C3)c2ccccc21. The van der Waals surface area contributed by atoms with Gasteiger partial charge in [0.05, 0.1) is 11.1 Å². The topological polar surface area (TPSA) is 44.1 Å². The number of aryl methyl sites for hydroxylation is 1. The highest BCUT2D eigenvalue weighted by Gasteiger charge is 2.58. The number of aromatic nitrogens is 2. The highest BCUT2D eigenvalue weighted by Crippen LogP contribution is 2.64. The second-order valence-corrected chi connectivity index (χ2v) is 10.2. The van der Waals surface area contributed by atoms with Crippen LogP contribution in [0.3, 0.4) is 0 Å². The molecule has 4 bridgehead atoms. The lowest BCUT2D eigenvalue weighted by atomic mass is 9.47. The van der Waals surface area contributed by atoms with E-state index in [4.69, 9.17) is 9.84 Å². The van der Waals surface area contributed by atoms with Crippen molar-refractivity contribution < 1.29 is 9.53 Å². The first-order valence-electron chi connectivity index (χ1n) is 11.6. The molecule has 2 aromatic rings. The third kappa shape index (κ3) is 3.34. The number of hydrogen-bond donors (Lipinski definition) is 0. The van der Waals surface area contributed by atoms with E-state index in [1.54, 1.807) is 0 Å². The molecule has 29 heavy (non-hydrogen) atoms. The van der Waals surface area contributed by atoms with E-state index in [1.165, 1.54) is 44.9 Å². The second-order valence-electron chi connectivity index (χ2n) is 10.2. The number of Topliss-reactive ketones (excluding diaryl/α,β-unsaturated/α-hetero) is 1. The molecule has 156 valence electrons. The van der Waals surface area contributed by atoms with Gasteiger partial charge < -0.3 is 4.74 Å². The van der Waals surface area contributed by atoms with Crippen LogP contribution in [0.25, 0.3) is 10.9 Å². The lowest BCUT2D eigenvalue weighted by Gasteiger charge is -2.61. The molecule has 4 aliphatic rings. The normalized spacial score (nSPS) is 32.9. The van der Waals surface area contributed by atoms with Gasteiger partial charge >= 0.3 is 0 Å². The van der Waals surface area contributed by atoms with Crippen LogP contribution in [-0.4, -0.2) is 28.3 Å². The molecule has 2 unspecified atom stereocenters. The molecule has 0 amide bonds. The number of unbranched alkanes of at least 4 members (excludes halogenated alkanes) is 2. The van der Waals surface area contributed by atoms with Crippen molar-refractivity contribution in [2.24, 2.45) is 17.3 Å². The summed E-state index contributed by atoms with van der Waals surface area (Å²) in [7, 11) is 1.88. The molecule has 1 aromatic carbocycles. The fourth-order valence-corrected chi connectivity index (χ4v) is 7.25. The van der Waals surface area contributed by atoms with Crippen LogP contribution >= 0.6 is 0 Å². The second kappa shape index (κ2) is 7.23. The van der Waals surface area contributed by atoms with E-state index < -0.39 is 0 Å². The number of benzene rings is 1. The van der Waals surface area contributed by atoms with Crippen LogP contribution in [-0.2, 0) is 11.3 Å². The number of rotatable bonds is 8. The van der Waals surface area contributed by atoms with Crippen molar-refractivity contribution in [3.8, 4) is 0 Å². The Morgan fingerprint density at radius 3 is 2.66 bits per heavy atom. The summed E-state index contributed by atoms with van der Waals surface area (Å²) in [5.74, 6) is 1.73. The molecule has 6 rings (SSSR count). The van der Waals surface area contributed by atoms with E-state index in [0.29, 0.717) is 12.1 Å². The van der Waals surface area contributed by atoms with Gasteiger partial charge in [0, 0.05) is 25.5 Å². The Bertz CT molecular complexity index is 901. The predicted molar refractivity (Wildman–Crippen MR) is 115 cm³/mol. The van der Waals surface area contributed by atoms with Crippen molar-refractivity contribution in [1.29, 1.82) is 0 Å². The molecule has 1 heterocycles. The molecule has 0 saturated heterocycles. The monoisotopic (exact) mass is 394 g/mol. The van der Waals surface area contributed by atoms with E-state index in [1.807, 2.05) is 13.2 Å². The van der Waals surface area contributed by atoms with Gasteiger partial charge in [-0.1, -0.05) is 38.0 Å². The third-order valence-corrected chi connectivity index (χ3v) is 7.99. The average molecular weight is 395 g/mol. The number of nitrogens with zero attached hydrogens (tertiary/aromatic N) is 2. The Hall–Kier alpha value is -1.68. The quantitative estimate of drug-likeness (QED) is 0.421. The minimum atomic E-state index is 0.0337. The molecular formula is C25H34N2O2. The van der Waals surface area contributed by atoms with Gasteiger partial charge in [0.2, 0.25) is 0 Å². The molecule has 0 radical (unpaired) electrons. The van der Waals surface area contributed by atoms with Gasteiger partial charge in [-0.2, -0.15) is 5.10 Å². The molecular weight excluding hydrogens is 360 g/mol. The summed E-state index contributed by atoms with van der Waals surface area (Å²) >= 11 is 0. The lowest BCUT2D eigenvalue weighted by Crippen LogP contribution is -2.56. The summed E-state index contributed by atoms with van der Waals surface area (Å²) in [6, 6.07) is 8.26. The summed E-state index contributed by atoms with van der Waals surface area (Å²) in [6.45, 7) is 3.11. The van der Waals surface area contributed by atoms with E-state index in [9.17, 15) is 4.79 Å². The number of ketones is 1. The zero-order chi connectivity index (χ0) is 20.1. The zero-order valence-electron chi connectivity index (χ0n) is 18.0. The van der Waals surface area contributed by atoms with Gasteiger partial charge in [-0.15, -0.1) is 0 Å². The molecule has 1 aromatic heterocycles. The number of methoxy groups -OCH3 is 1. The van der Waals surface area contributed by atoms with Crippen LogP contribution in [0, 0.1) is 17.3 Å². The fourth-order valence-electron chi connectivity index (χ4n) is 7.25. The molecule has 4 nitrogen and oxygen atoms in total. The van der Waals surface area contributed by atoms with Crippen molar-refractivity contribution >= 4 is 16.7 Å². The van der Waals surface area contributed by atoms with Crippen molar-refractivity contribution in [2.45, 2.75) is 83.3 Å². The maximum Gasteiger partial charge on any atom is 0.184 e. The molecule has 4 aliphatic carbocycles. The number of para-hydroxylation sites is 1. The Kier molecular flexibility index (Phi) is 4.81. The van der Waals surface area contributed by atoms with Gasteiger partial charge in [0.25, 0.3) is 0 Å². The number of carbonyl (C=O) groups is 1. The van der Waals surface area contributed by atoms with Gasteiger partial charge in [0.15, 0.2) is 5.78 Å². The van der Waals surface area contributed by atoms with Crippen molar-refractivity contribution in [3.05, 3.63) is 30.0 Å². The van der Waals surface area contributed by atoms with Crippen LogP contribution in [0.2, 0.25) is 0 Å². The Morgan fingerprint density at radius 2 is 1.93 bits per heavy atom. The smallest absolute Gasteiger partial charge is 0.184 e. The summed E-state index contributed by atoms with van der Waals surface area (Å²) in [4.78, 5) is 13.6. The lowest BCUT2D eigenvalue weighted by molar-refractivity contribution is -0.178.